The van der Waals surface area contributed by atoms with Crippen LogP contribution >= 0.6 is 0 Å². The molecular weight excluding hydrogens is 168 g/mol. The van der Waals surface area contributed by atoms with E-state index in [1.807, 2.05) is 0 Å². The number of ketones is 1. The SMILES string of the molecule is C=CNC(=O)C=CC1NCCC1=O. The van der Waals surface area contributed by atoms with E-state index >= 15 is 0 Å². The van der Waals surface area contributed by atoms with Gasteiger partial charge in [-0.15, -0.1) is 0 Å². The molecule has 1 aliphatic heterocycles. The minimum atomic E-state index is -0.296. The molecule has 0 aromatic rings. The van der Waals surface area contributed by atoms with E-state index in [1.165, 1.54) is 12.3 Å². The van der Waals surface area contributed by atoms with Crippen molar-refractivity contribution in [1.82, 2.24) is 10.6 Å². The standard InChI is InChI=1S/C9H12N2O2/c1-2-10-9(13)4-3-7-8(12)5-6-11-7/h2-4,7,11H,1,5-6H2,(H,10,13). The lowest BCUT2D eigenvalue weighted by Gasteiger charge is -2.00. The van der Waals surface area contributed by atoms with Gasteiger partial charge in [0.25, 0.3) is 0 Å². The van der Waals surface area contributed by atoms with Crippen molar-refractivity contribution >= 4 is 11.7 Å². The lowest BCUT2D eigenvalue weighted by molar-refractivity contribution is -0.117. The highest BCUT2D eigenvalue weighted by molar-refractivity contribution is 5.92. The van der Waals surface area contributed by atoms with E-state index in [4.69, 9.17) is 0 Å². The van der Waals surface area contributed by atoms with Crippen LogP contribution in [0.25, 0.3) is 0 Å². The summed E-state index contributed by atoms with van der Waals surface area (Å²) < 4.78 is 0. The zero-order chi connectivity index (χ0) is 9.68. The number of carbonyl (C=O) groups excluding carboxylic acids is 2. The van der Waals surface area contributed by atoms with E-state index in [0.717, 1.165) is 0 Å². The Hall–Kier alpha value is -1.42. The van der Waals surface area contributed by atoms with Crippen molar-refractivity contribution in [2.45, 2.75) is 12.5 Å². The second kappa shape index (κ2) is 4.57. The van der Waals surface area contributed by atoms with E-state index in [0.29, 0.717) is 13.0 Å². The number of nitrogens with one attached hydrogen (secondary N) is 2. The molecule has 13 heavy (non-hydrogen) atoms. The predicted molar refractivity (Wildman–Crippen MR) is 48.9 cm³/mol. The summed E-state index contributed by atoms with van der Waals surface area (Å²) in [5, 5.41) is 5.35. The number of hydrogen-bond donors (Lipinski definition) is 2. The predicted octanol–water partition coefficient (Wildman–Crippen LogP) is -0.267. The molecule has 0 bridgehead atoms. The van der Waals surface area contributed by atoms with Crippen molar-refractivity contribution in [3.05, 3.63) is 24.9 Å². The van der Waals surface area contributed by atoms with Crippen LogP contribution in [-0.2, 0) is 9.59 Å². The first-order chi connectivity index (χ1) is 6.24. The summed E-state index contributed by atoms with van der Waals surface area (Å²) in [4.78, 5) is 22.0. The molecule has 1 aliphatic rings. The maximum Gasteiger partial charge on any atom is 0.247 e. The minimum absolute atomic E-state index is 0.127. The average molecular weight is 180 g/mol. The molecule has 1 heterocycles. The molecular formula is C9H12N2O2. The van der Waals surface area contributed by atoms with Crippen LogP contribution in [-0.4, -0.2) is 24.3 Å². The van der Waals surface area contributed by atoms with Crippen LogP contribution in [0.15, 0.2) is 24.9 Å². The van der Waals surface area contributed by atoms with E-state index in [9.17, 15) is 9.59 Å². The second-order valence-corrected chi connectivity index (χ2v) is 2.72. The maximum atomic E-state index is 11.1. The number of rotatable bonds is 3. The van der Waals surface area contributed by atoms with Gasteiger partial charge in [-0.25, -0.2) is 0 Å². The number of amides is 1. The van der Waals surface area contributed by atoms with Gasteiger partial charge in [-0.3, -0.25) is 9.59 Å². The summed E-state index contributed by atoms with van der Waals surface area (Å²) in [7, 11) is 0. The molecule has 4 heteroatoms. The van der Waals surface area contributed by atoms with Gasteiger partial charge in [0.05, 0.1) is 6.04 Å². The summed E-state index contributed by atoms with van der Waals surface area (Å²) in [6.07, 6.45) is 4.74. The molecule has 70 valence electrons. The van der Waals surface area contributed by atoms with Crippen molar-refractivity contribution < 1.29 is 9.59 Å². The van der Waals surface area contributed by atoms with Gasteiger partial charge in [0.15, 0.2) is 5.78 Å². The first-order valence-corrected chi connectivity index (χ1v) is 4.09. The molecule has 0 aromatic carbocycles. The number of carbonyl (C=O) groups is 2. The highest BCUT2D eigenvalue weighted by Gasteiger charge is 2.20. The molecule has 4 nitrogen and oxygen atoms in total. The monoisotopic (exact) mass is 180 g/mol. The summed E-state index contributed by atoms with van der Waals surface area (Å²) in [6.45, 7) is 4.04. The molecule has 0 aliphatic carbocycles. The Bertz CT molecular complexity index is 258. The average Bonchev–Trinajstić information content (AvgIpc) is 2.48. The van der Waals surface area contributed by atoms with Gasteiger partial charge >= 0.3 is 0 Å². The fourth-order valence-corrected chi connectivity index (χ4v) is 1.13. The normalized spacial score (nSPS) is 22.2. The molecule has 0 aromatic heterocycles. The molecule has 1 fully saturated rings. The van der Waals surface area contributed by atoms with Gasteiger partial charge in [-0.05, 0) is 6.20 Å². The summed E-state index contributed by atoms with van der Waals surface area (Å²) >= 11 is 0. The van der Waals surface area contributed by atoms with Gasteiger partial charge in [0, 0.05) is 19.0 Å². The highest BCUT2D eigenvalue weighted by atomic mass is 16.1. The quantitative estimate of drug-likeness (QED) is 0.588. The molecule has 2 N–H and O–H groups in total. The number of Topliss-reactive ketones (excluding diaryl/α,β-unsaturated/α-hetero) is 1. The maximum absolute atomic E-state index is 11.1. The fourth-order valence-electron chi connectivity index (χ4n) is 1.13. The smallest absolute Gasteiger partial charge is 0.247 e. The zero-order valence-corrected chi connectivity index (χ0v) is 7.25. The molecule has 0 spiro atoms. The van der Waals surface area contributed by atoms with Crippen molar-refractivity contribution in [3.8, 4) is 0 Å². The Labute approximate surface area is 76.7 Å². The van der Waals surface area contributed by atoms with Gasteiger partial charge in [-0.1, -0.05) is 12.7 Å². The summed E-state index contributed by atoms with van der Waals surface area (Å²) in [5.74, 6) is -0.140. The van der Waals surface area contributed by atoms with E-state index in [1.54, 1.807) is 6.08 Å². The molecule has 0 radical (unpaired) electrons. The van der Waals surface area contributed by atoms with Crippen LogP contribution in [0.2, 0.25) is 0 Å². The van der Waals surface area contributed by atoms with Gasteiger partial charge in [-0.2, -0.15) is 0 Å². The van der Waals surface area contributed by atoms with Crippen LogP contribution in [0, 0.1) is 0 Å². The Morgan fingerprint density at radius 1 is 1.69 bits per heavy atom. The van der Waals surface area contributed by atoms with Crippen LogP contribution in [0.3, 0.4) is 0 Å². The highest BCUT2D eigenvalue weighted by Crippen LogP contribution is 2.01. The molecule has 1 unspecified atom stereocenters. The molecule has 1 atom stereocenters. The van der Waals surface area contributed by atoms with Gasteiger partial charge in [0.1, 0.15) is 0 Å². The molecule has 0 saturated carbocycles. The molecule has 1 rings (SSSR count). The van der Waals surface area contributed by atoms with Crippen LogP contribution < -0.4 is 10.6 Å². The Balaban J connectivity index is 2.42. The van der Waals surface area contributed by atoms with E-state index < -0.39 is 0 Å². The van der Waals surface area contributed by atoms with Crippen molar-refractivity contribution in [3.63, 3.8) is 0 Å². The third-order valence-corrected chi connectivity index (χ3v) is 1.77. The Kier molecular flexibility index (Phi) is 3.40. The summed E-state index contributed by atoms with van der Waals surface area (Å²) in [5.41, 5.74) is 0. The van der Waals surface area contributed by atoms with E-state index in [2.05, 4.69) is 17.2 Å². The lowest BCUT2D eigenvalue weighted by Crippen LogP contribution is -2.25. The third kappa shape index (κ3) is 2.83. The van der Waals surface area contributed by atoms with Crippen LogP contribution in [0.1, 0.15) is 6.42 Å². The topological polar surface area (TPSA) is 58.2 Å². The van der Waals surface area contributed by atoms with Crippen molar-refractivity contribution in [2.24, 2.45) is 0 Å². The van der Waals surface area contributed by atoms with Crippen LogP contribution in [0.4, 0.5) is 0 Å². The van der Waals surface area contributed by atoms with Gasteiger partial charge < -0.3 is 10.6 Å². The fraction of sp³-hybridized carbons (Fsp3) is 0.333. The first-order valence-electron chi connectivity index (χ1n) is 4.09. The second-order valence-electron chi connectivity index (χ2n) is 2.72. The third-order valence-electron chi connectivity index (χ3n) is 1.77. The zero-order valence-electron chi connectivity index (χ0n) is 7.25. The van der Waals surface area contributed by atoms with Crippen molar-refractivity contribution in [1.29, 1.82) is 0 Å². The Morgan fingerprint density at radius 3 is 3.00 bits per heavy atom. The van der Waals surface area contributed by atoms with Crippen molar-refractivity contribution in [2.75, 3.05) is 6.54 Å². The van der Waals surface area contributed by atoms with Gasteiger partial charge in [0.2, 0.25) is 5.91 Å². The minimum Gasteiger partial charge on any atom is -0.330 e. The largest absolute Gasteiger partial charge is 0.330 e. The van der Waals surface area contributed by atoms with E-state index in [-0.39, 0.29) is 17.7 Å². The lowest BCUT2D eigenvalue weighted by atomic mass is 10.2. The molecule has 1 saturated heterocycles. The first kappa shape index (κ1) is 9.67. The number of hydrogen-bond acceptors (Lipinski definition) is 3. The Morgan fingerprint density at radius 2 is 2.46 bits per heavy atom. The molecule has 1 amide bonds. The van der Waals surface area contributed by atoms with Crippen LogP contribution in [0.5, 0.6) is 0 Å². The summed E-state index contributed by atoms with van der Waals surface area (Å²) in [6, 6.07) is -0.296.